The van der Waals surface area contributed by atoms with Crippen LogP contribution in [0, 0.1) is 12.7 Å². The number of nitrogens with zero attached hydrogens (tertiary/aromatic N) is 2. The Labute approximate surface area is 121 Å². The monoisotopic (exact) mass is 288 g/mol. The second-order valence-corrected chi connectivity index (χ2v) is 5.14. The Morgan fingerprint density at radius 2 is 2.05 bits per heavy atom. The molecule has 2 aromatic carbocycles. The predicted octanol–water partition coefficient (Wildman–Crippen LogP) is 4.27. The van der Waals surface area contributed by atoms with Crippen LogP contribution in [0.15, 0.2) is 42.5 Å². The van der Waals surface area contributed by atoms with E-state index in [9.17, 15) is 4.39 Å². The van der Waals surface area contributed by atoms with Crippen LogP contribution in [0.4, 0.5) is 4.39 Å². The predicted molar refractivity (Wildman–Crippen MR) is 79.5 cm³/mol. The Morgan fingerprint density at radius 1 is 1.20 bits per heavy atom. The van der Waals surface area contributed by atoms with Gasteiger partial charge in [-0.3, -0.25) is 0 Å². The first-order valence-corrected chi connectivity index (χ1v) is 6.97. The first-order chi connectivity index (χ1) is 9.67. The van der Waals surface area contributed by atoms with Crippen LogP contribution in [-0.4, -0.2) is 9.55 Å². The van der Waals surface area contributed by atoms with Crippen molar-refractivity contribution in [3.05, 3.63) is 65.2 Å². The summed E-state index contributed by atoms with van der Waals surface area (Å²) in [5.41, 5.74) is 3.95. The molecule has 0 aliphatic rings. The van der Waals surface area contributed by atoms with Crippen LogP contribution < -0.4 is 0 Å². The number of aromatic nitrogens is 2. The van der Waals surface area contributed by atoms with E-state index in [2.05, 4.69) is 30.1 Å². The molecule has 0 saturated heterocycles. The van der Waals surface area contributed by atoms with E-state index >= 15 is 0 Å². The van der Waals surface area contributed by atoms with Gasteiger partial charge in [0.25, 0.3) is 0 Å². The second-order valence-electron chi connectivity index (χ2n) is 4.87. The molecule has 0 amide bonds. The van der Waals surface area contributed by atoms with Crippen LogP contribution in [0.2, 0.25) is 0 Å². The minimum Gasteiger partial charge on any atom is -0.322 e. The van der Waals surface area contributed by atoms with Gasteiger partial charge in [0.05, 0.1) is 16.9 Å². The molecule has 3 rings (SSSR count). The molecule has 0 saturated carbocycles. The molecular weight excluding hydrogens is 275 g/mol. The van der Waals surface area contributed by atoms with Crippen LogP contribution in [0.1, 0.15) is 17.0 Å². The molecule has 0 aliphatic heterocycles. The third kappa shape index (κ3) is 2.41. The first kappa shape index (κ1) is 13.1. The molecule has 0 unspecified atom stereocenters. The lowest BCUT2D eigenvalue weighted by molar-refractivity contribution is 0.629. The van der Waals surface area contributed by atoms with E-state index in [0.717, 1.165) is 11.3 Å². The first-order valence-electron chi connectivity index (χ1n) is 6.43. The number of aryl methyl sites for hydroxylation is 1. The maximum Gasteiger partial charge on any atom is 0.125 e. The molecule has 2 nitrogen and oxygen atoms in total. The minimum atomic E-state index is -0.279. The third-order valence-electron chi connectivity index (χ3n) is 3.33. The highest BCUT2D eigenvalue weighted by atomic mass is 35.5. The van der Waals surface area contributed by atoms with E-state index in [4.69, 9.17) is 11.6 Å². The number of hydrogen-bond acceptors (Lipinski definition) is 1. The summed E-state index contributed by atoms with van der Waals surface area (Å²) in [6.45, 7) is 2.75. The Bertz CT molecular complexity index is 764. The highest BCUT2D eigenvalue weighted by molar-refractivity contribution is 6.16. The zero-order valence-corrected chi connectivity index (χ0v) is 11.9. The van der Waals surface area contributed by atoms with Gasteiger partial charge in [0.2, 0.25) is 0 Å². The lowest BCUT2D eigenvalue weighted by atomic mass is 10.1. The highest BCUT2D eigenvalue weighted by Gasteiger charge is 2.11. The molecule has 0 radical (unpaired) electrons. The van der Waals surface area contributed by atoms with Crippen LogP contribution in [-0.2, 0) is 12.4 Å². The van der Waals surface area contributed by atoms with E-state index in [1.165, 1.54) is 23.3 Å². The molecule has 0 bridgehead atoms. The van der Waals surface area contributed by atoms with Crippen LogP contribution in [0.3, 0.4) is 0 Å². The molecule has 0 aliphatic carbocycles. The fourth-order valence-corrected chi connectivity index (χ4v) is 2.63. The fourth-order valence-electron chi connectivity index (χ4n) is 2.42. The van der Waals surface area contributed by atoms with Gasteiger partial charge in [-0.1, -0.05) is 29.8 Å². The number of benzene rings is 2. The van der Waals surface area contributed by atoms with Crippen molar-refractivity contribution in [2.24, 2.45) is 0 Å². The quantitative estimate of drug-likeness (QED) is 0.658. The maximum absolute atomic E-state index is 13.3. The van der Waals surface area contributed by atoms with Gasteiger partial charge < -0.3 is 4.57 Å². The lowest BCUT2D eigenvalue weighted by Crippen LogP contribution is -2.04. The number of halogens is 2. The zero-order valence-electron chi connectivity index (χ0n) is 11.1. The van der Waals surface area contributed by atoms with Crippen molar-refractivity contribution in [3.63, 3.8) is 0 Å². The minimum absolute atomic E-state index is 0.279. The zero-order chi connectivity index (χ0) is 14.1. The fraction of sp³-hybridized carbons (Fsp3) is 0.188. The van der Waals surface area contributed by atoms with Gasteiger partial charge in [0.15, 0.2) is 0 Å². The summed E-state index contributed by atoms with van der Waals surface area (Å²) < 4.78 is 15.3. The van der Waals surface area contributed by atoms with Gasteiger partial charge in [-0.05, 0) is 24.6 Å². The number of hydrogen-bond donors (Lipinski definition) is 0. The van der Waals surface area contributed by atoms with E-state index in [0.29, 0.717) is 17.9 Å². The summed E-state index contributed by atoms with van der Waals surface area (Å²) in [6.07, 6.45) is 0. The summed E-state index contributed by atoms with van der Waals surface area (Å²) in [5, 5.41) is 0. The standard InChI is InChI=1S/C16H14ClFN2/c1-11-3-2-4-12(7-11)10-20-15-6-5-13(18)8-14(15)19-16(20)9-17/h2-8H,9-10H2,1H3. The Morgan fingerprint density at radius 3 is 2.80 bits per heavy atom. The van der Waals surface area contributed by atoms with Gasteiger partial charge in [-0.25, -0.2) is 9.37 Å². The summed E-state index contributed by atoms with van der Waals surface area (Å²) in [5.74, 6) is 0.787. The summed E-state index contributed by atoms with van der Waals surface area (Å²) >= 11 is 5.96. The average Bonchev–Trinajstić information content (AvgIpc) is 2.76. The van der Waals surface area contributed by atoms with Gasteiger partial charge in [0, 0.05) is 12.6 Å². The smallest absolute Gasteiger partial charge is 0.125 e. The molecule has 0 atom stereocenters. The summed E-state index contributed by atoms with van der Waals surface area (Å²) in [6, 6.07) is 12.9. The van der Waals surface area contributed by atoms with Crippen molar-refractivity contribution >= 4 is 22.6 Å². The van der Waals surface area contributed by atoms with Gasteiger partial charge >= 0.3 is 0 Å². The molecular formula is C16H14ClFN2. The maximum atomic E-state index is 13.3. The molecule has 4 heteroatoms. The molecule has 3 aromatic rings. The van der Waals surface area contributed by atoms with Crippen LogP contribution in [0.25, 0.3) is 11.0 Å². The third-order valence-corrected chi connectivity index (χ3v) is 3.57. The molecule has 0 N–H and O–H groups in total. The number of rotatable bonds is 3. The van der Waals surface area contributed by atoms with Crippen molar-refractivity contribution < 1.29 is 4.39 Å². The number of imidazole rings is 1. The average molecular weight is 289 g/mol. The van der Waals surface area contributed by atoms with E-state index in [-0.39, 0.29) is 5.82 Å². The molecule has 1 heterocycles. The molecule has 102 valence electrons. The van der Waals surface area contributed by atoms with Gasteiger partial charge in [-0.2, -0.15) is 0 Å². The van der Waals surface area contributed by atoms with Gasteiger partial charge in [-0.15, -0.1) is 11.6 Å². The lowest BCUT2D eigenvalue weighted by Gasteiger charge is -2.08. The Hall–Kier alpha value is -1.87. The van der Waals surface area contributed by atoms with Crippen molar-refractivity contribution in [1.82, 2.24) is 9.55 Å². The van der Waals surface area contributed by atoms with Gasteiger partial charge in [0.1, 0.15) is 11.6 Å². The molecule has 0 spiro atoms. The molecule has 1 aromatic heterocycles. The van der Waals surface area contributed by atoms with E-state index in [1.807, 2.05) is 10.6 Å². The molecule has 0 fully saturated rings. The topological polar surface area (TPSA) is 17.8 Å². The van der Waals surface area contributed by atoms with Crippen molar-refractivity contribution in [2.75, 3.05) is 0 Å². The Kier molecular flexibility index (Phi) is 3.45. The largest absolute Gasteiger partial charge is 0.322 e. The highest BCUT2D eigenvalue weighted by Crippen LogP contribution is 2.20. The SMILES string of the molecule is Cc1cccc(Cn2c(CCl)nc3cc(F)ccc32)c1. The van der Waals surface area contributed by atoms with E-state index in [1.54, 1.807) is 6.07 Å². The number of alkyl halides is 1. The molecule has 20 heavy (non-hydrogen) atoms. The Balaban J connectivity index is 2.10. The summed E-state index contributed by atoms with van der Waals surface area (Å²) in [4.78, 5) is 4.40. The van der Waals surface area contributed by atoms with Crippen molar-refractivity contribution in [2.45, 2.75) is 19.3 Å². The van der Waals surface area contributed by atoms with Crippen molar-refractivity contribution in [1.29, 1.82) is 0 Å². The summed E-state index contributed by atoms with van der Waals surface area (Å²) in [7, 11) is 0. The number of fused-ring (bicyclic) bond motifs is 1. The van der Waals surface area contributed by atoms with Crippen LogP contribution in [0.5, 0.6) is 0 Å². The van der Waals surface area contributed by atoms with Crippen molar-refractivity contribution in [3.8, 4) is 0 Å². The van der Waals surface area contributed by atoms with Crippen LogP contribution >= 0.6 is 11.6 Å². The second kappa shape index (κ2) is 5.25. The normalized spacial score (nSPS) is 11.2. The van der Waals surface area contributed by atoms with E-state index < -0.39 is 0 Å².